The Labute approximate surface area is 123 Å². The number of aldehydes is 1. The molecule has 1 rings (SSSR count). The van der Waals surface area contributed by atoms with E-state index in [4.69, 9.17) is 14.2 Å². The molecule has 114 valence electrons. The van der Waals surface area contributed by atoms with Crippen LogP contribution in [-0.2, 0) is 28.6 Å². The monoisotopic (exact) mass is 294 g/mol. The van der Waals surface area contributed by atoms with E-state index in [0.717, 1.165) is 0 Å². The molecule has 0 aromatic rings. The van der Waals surface area contributed by atoms with Crippen LogP contribution in [0, 0.1) is 0 Å². The summed E-state index contributed by atoms with van der Waals surface area (Å²) in [6.45, 7) is 4.41. The Morgan fingerprint density at radius 2 is 2.10 bits per heavy atom. The van der Waals surface area contributed by atoms with Crippen LogP contribution < -0.4 is 0 Å². The molecule has 0 fully saturated rings. The van der Waals surface area contributed by atoms with Crippen molar-refractivity contribution in [1.82, 2.24) is 0 Å². The number of rotatable bonds is 6. The first-order chi connectivity index (χ1) is 9.92. The van der Waals surface area contributed by atoms with E-state index in [1.54, 1.807) is 26.0 Å². The van der Waals surface area contributed by atoms with E-state index in [1.165, 1.54) is 13.0 Å². The molecule has 0 radical (unpaired) electrons. The molecular weight excluding hydrogens is 276 g/mol. The molecule has 0 N–H and O–H groups in total. The van der Waals surface area contributed by atoms with Crippen LogP contribution >= 0.6 is 0 Å². The lowest BCUT2D eigenvalue weighted by Crippen LogP contribution is -2.17. The van der Waals surface area contributed by atoms with Crippen molar-refractivity contribution in [3.05, 3.63) is 35.3 Å². The molecular formula is C15H18O6. The Balaban J connectivity index is 2.86. The summed E-state index contributed by atoms with van der Waals surface area (Å²) in [7, 11) is 0. The average Bonchev–Trinajstić information content (AvgIpc) is 2.57. The van der Waals surface area contributed by atoms with Gasteiger partial charge in [0.1, 0.15) is 12.0 Å². The van der Waals surface area contributed by atoms with E-state index in [9.17, 15) is 14.4 Å². The van der Waals surface area contributed by atoms with Crippen molar-refractivity contribution in [2.75, 3.05) is 6.61 Å². The van der Waals surface area contributed by atoms with Gasteiger partial charge in [0, 0.05) is 18.9 Å². The minimum absolute atomic E-state index is 0.118. The van der Waals surface area contributed by atoms with Gasteiger partial charge in [-0.3, -0.25) is 9.59 Å². The molecule has 0 aromatic carbocycles. The van der Waals surface area contributed by atoms with Crippen molar-refractivity contribution >= 4 is 18.2 Å². The maximum atomic E-state index is 11.5. The average molecular weight is 294 g/mol. The SMILES string of the molecule is CC(=O)OC1=C(OCC(=O)OC(C)C)CC=CC(C=O)=C1. The first kappa shape index (κ1) is 16.7. The Hall–Kier alpha value is -2.37. The van der Waals surface area contributed by atoms with Gasteiger partial charge in [0.05, 0.1) is 6.10 Å². The van der Waals surface area contributed by atoms with Crippen LogP contribution in [0.3, 0.4) is 0 Å². The lowest BCUT2D eigenvalue weighted by molar-refractivity contribution is -0.151. The Morgan fingerprint density at radius 1 is 1.38 bits per heavy atom. The molecule has 6 heteroatoms. The molecule has 0 heterocycles. The molecule has 21 heavy (non-hydrogen) atoms. The number of allylic oxidation sites excluding steroid dienone is 4. The van der Waals surface area contributed by atoms with Gasteiger partial charge >= 0.3 is 11.9 Å². The molecule has 1 aliphatic carbocycles. The summed E-state index contributed by atoms with van der Waals surface area (Å²) in [6.07, 6.45) is 5.35. The van der Waals surface area contributed by atoms with Crippen LogP contribution in [0.5, 0.6) is 0 Å². The van der Waals surface area contributed by atoms with Crippen LogP contribution in [0.4, 0.5) is 0 Å². The third-order valence-corrected chi connectivity index (χ3v) is 2.31. The predicted molar refractivity (Wildman–Crippen MR) is 73.9 cm³/mol. The Bertz CT molecular complexity index is 510. The summed E-state index contributed by atoms with van der Waals surface area (Å²) in [6, 6.07) is 0. The summed E-state index contributed by atoms with van der Waals surface area (Å²) in [5.41, 5.74) is 0.342. The minimum Gasteiger partial charge on any atom is -0.482 e. The second-order valence-electron chi connectivity index (χ2n) is 4.58. The maximum Gasteiger partial charge on any atom is 0.344 e. The molecule has 0 spiro atoms. The van der Waals surface area contributed by atoms with Gasteiger partial charge in [-0.25, -0.2) is 4.79 Å². The summed E-state index contributed by atoms with van der Waals surface area (Å²) in [4.78, 5) is 33.4. The van der Waals surface area contributed by atoms with Crippen molar-refractivity contribution in [3.63, 3.8) is 0 Å². The highest BCUT2D eigenvalue weighted by atomic mass is 16.6. The minimum atomic E-state index is -0.542. The quantitative estimate of drug-likeness (QED) is 0.549. The molecule has 0 saturated heterocycles. The van der Waals surface area contributed by atoms with E-state index in [1.807, 2.05) is 0 Å². The fourth-order valence-corrected chi connectivity index (χ4v) is 1.57. The number of hydrogen-bond acceptors (Lipinski definition) is 6. The van der Waals surface area contributed by atoms with Crippen LogP contribution in [0.1, 0.15) is 27.2 Å². The van der Waals surface area contributed by atoms with Crippen molar-refractivity contribution in [2.45, 2.75) is 33.3 Å². The zero-order valence-electron chi connectivity index (χ0n) is 12.3. The number of ether oxygens (including phenoxy) is 3. The van der Waals surface area contributed by atoms with Gasteiger partial charge in [-0.15, -0.1) is 0 Å². The van der Waals surface area contributed by atoms with Gasteiger partial charge in [0.2, 0.25) is 0 Å². The van der Waals surface area contributed by atoms with Crippen LogP contribution in [0.15, 0.2) is 35.3 Å². The van der Waals surface area contributed by atoms with Gasteiger partial charge in [0.15, 0.2) is 12.4 Å². The van der Waals surface area contributed by atoms with Crippen LogP contribution in [-0.4, -0.2) is 30.9 Å². The number of hydrogen-bond donors (Lipinski definition) is 0. The lowest BCUT2D eigenvalue weighted by atomic mass is 10.2. The van der Waals surface area contributed by atoms with Crippen molar-refractivity contribution in [3.8, 4) is 0 Å². The van der Waals surface area contributed by atoms with Crippen molar-refractivity contribution in [2.24, 2.45) is 0 Å². The number of carbonyl (C=O) groups excluding carboxylic acids is 3. The van der Waals surface area contributed by atoms with Gasteiger partial charge in [-0.05, 0) is 19.9 Å². The molecule has 0 unspecified atom stereocenters. The largest absolute Gasteiger partial charge is 0.482 e. The standard InChI is InChI=1S/C15H18O6/c1-10(2)20-15(18)9-19-13-6-4-5-12(8-16)7-14(13)21-11(3)17/h4-5,7-8,10H,6,9H2,1-3H3. The summed E-state index contributed by atoms with van der Waals surface area (Å²) in [5, 5.41) is 0. The topological polar surface area (TPSA) is 78.9 Å². The molecule has 0 saturated carbocycles. The third-order valence-electron chi connectivity index (χ3n) is 2.31. The second kappa shape index (κ2) is 8.04. The molecule has 1 aliphatic rings. The zero-order chi connectivity index (χ0) is 15.8. The van der Waals surface area contributed by atoms with E-state index < -0.39 is 11.9 Å². The molecule has 0 aromatic heterocycles. The predicted octanol–water partition coefficient (Wildman–Crippen LogP) is 1.81. The first-order valence-electron chi connectivity index (χ1n) is 6.49. The van der Waals surface area contributed by atoms with Gasteiger partial charge < -0.3 is 14.2 Å². The summed E-state index contributed by atoms with van der Waals surface area (Å²) < 4.78 is 15.3. The summed E-state index contributed by atoms with van der Waals surface area (Å²) in [5.74, 6) is -0.655. The maximum absolute atomic E-state index is 11.5. The lowest BCUT2D eigenvalue weighted by Gasteiger charge is -2.13. The third kappa shape index (κ3) is 6.07. The zero-order valence-corrected chi connectivity index (χ0v) is 12.3. The highest BCUT2D eigenvalue weighted by molar-refractivity contribution is 5.79. The highest BCUT2D eigenvalue weighted by Gasteiger charge is 2.15. The molecule has 6 nitrogen and oxygen atoms in total. The molecule has 0 aliphatic heterocycles. The first-order valence-corrected chi connectivity index (χ1v) is 6.49. The van der Waals surface area contributed by atoms with E-state index in [-0.39, 0.29) is 18.5 Å². The smallest absolute Gasteiger partial charge is 0.344 e. The molecule has 0 atom stereocenters. The van der Waals surface area contributed by atoms with Crippen LogP contribution in [0.25, 0.3) is 0 Å². The Kier molecular flexibility index (Phi) is 6.39. The fraction of sp³-hybridized carbons (Fsp3) is 0.400. The molecule has 0 amide bonds. The van der Waals surface area contributed by atoms with Crippen molar-refractivity contribution in [1.29, 1.82) is 0 Å². The normalized spacial score (nSPS) is 14.4. The fourth-order valence-electron chi connectivity index (χ4n) is 1.57. The van der Waals surface area contributed by atoms with Gasteiger partial charge in [-0.1, -0.05) is 12.2 Å². The van der Waals surface area contributed by atoms with E-state index in [0.29, 0.717) is 24.0 Å². The number of carbonyl (C=O) groups is 3. The molecule has 0 bridgehead atoms. The van der Waals surface area contributed by atoms with Crippen LogP contribution in [0.2, 0.25) is 0 Å². The Morgan fingerprint density at radius 3 is 2.67 bits per heavy atom. The van der Waals surface area contributed by atoms with E-state index >= 15 is 0 Å². The van der Waals surface area contributed by atoms with E-state index in [2.05, 4.69) is 0 Å². The summed E-state index contributed by atoms with van der Waals surface area (Å²) >= 11 is 0. The van der Waals surface area contributed by atoms with Crippen molar-refractivity contribution < 1.29 is 28.6 Å². The van der Waals surface area contributed by atoms with Gasteiger partial charge in [-0.2, -0.15) is 0 Å². The second-order valence-corrected chi connectivity index (χ2v) is 4.58. The highest BCUT2D eigenvalue weighted by Crippen LogP contribution is 2.20. The van der Waals surface area contributed by atoms with Gasteiger partial charge in [0.25, 0.3) is 0 Å². The number of esters is 2.